The number of aromatic nitrogens is 1. The zero-order valence-corrected chi connectivity index (χ0v) is 12.8. The van der Waals surface area contributed by atoms with Crippen molar-refractivity contribution in [3.63, 3.8) is 0 Å². The highest BCUT2D eigenvalue weighted by atomic mass is 16.5. The number of rotatable bonds is 5. The topological polar surface area (TPSA) is 57.2 Å². The number of ether oxygens (including phenoxy) is 1. The fraction of sp³-hybridized carbons (Fsp3) is 0.353. The van der Waals surface area contributed by atoms with Gasteiger partial charge < -0.3 is 15.0 Å². The molecule has 1 heterocycles. The summed E-state index contributed by atoms with van der Waals surface area (Å²) in [7, 11) is 1.61. The Balaban J connectivity index is 2.50. The Labute approximate surface area is 125 Å². The molecule has 2 aromatic rings. The van der Waals surface area contributed by atoms with Gasteiger partial charge in [-0.3, -0.25) is 4.79 Å². The van der Waals surface area contributed by atoms with Crippen molar-refractivity contribution in [2.75, 3.05) is 7.11 Å². The van der Waals surface area contributed by atoms with Crippen molar-refractivity contribution >= 4 is 0 Å². The van der Waals surface area contributed by atoms with Crippen molar-refractivity contribution in [1.82, 2.24) is 4.57 Å². The smallest absolute Gasteiger partial charge is 0.255 e. The van der Waals surface area contributed by atoms with Gasteiger partial charge in [-0.05, 0) is 25.5 Å². The van der Waals surface area contributed by atoms with Crippen LogP contribution in [0.5, 0.6) is 5.75 Å². The van der Waals surface area contributed by atoms with Crippen molar-refractivity contribution in [3.8, 4) is 5.75 Å². The predicted molar refractivity (Wildman–Crippen MR) is 84.8 cm³/mol. The van der Waals surface area contributed by atoms with Crippen LogP contribution in [0.1, 0.15) is 36.1 Å². The minimum Gasteiger partial charge on any atom is -0.496 e. The summed E-state index contributed by atoms with van der Waals surface area (Å²) in [5, 5.41) is 0. The molecule has 2 N–H and O–H groups in total. The Bertz CT molecular complexity index is 677. The van der Waals surface area contributed by atoms with Crippen LogP contribution < -0.4 is 16.0 Å². The largest absolute Gasteiger partial charge is 0.496 e. The lowest BCUT2D eigenvalue weighted by atomic mass is 9.98. The molecule has 4 heteroatoms. The summed E-state index contributed by atoms with van der Waals surface area (Å²) in [6, 6.07) is 9.00. The molecule has 0 radical (unpaired) electrons. The molecular formula is C17H22N2O2. The van der Waals surface area contributed by atoms with Crippen LogP contribution in [0.2, 0.25) is 0 Å². The van der Waals surface area contributed by atoms with Gasteiger partial charge in [0.25, 0.3) is 5.56 Å². The van der Waals surface area contributed by atoms with E-state index in [0.29, 0.717) is 17.9 Å². The first-order valence-electron chi connectivity index (χ1n) is 7.18. The average Bonchev–Trinajstić information content (AvgIpc) is 2.49. The Morgan fingerprint density at radius 2 is 2.05 bits per heavy atom. The van der Waals surface area contributed by atoms with Crippen LogP contribution in [0.25, 0.3) is 0 Å². The second-order valence-electron chi connectivity index (χ2n) is 5.19. The number of methoxy groups -OCH3 is 1. The molecule has 21 heavy (non-hydrogen) atoms. The molecule has 4 nitrogen and oxygen atoms in total. The molecule has 0 fully saturated rings. The van der Waals surface area contributed by atoms with E-state index in [9.17, 15) is 4.79 Å². The van der Waals surface area contributed by atoms with E-state index in [1.165, 1.54) is 0 Å². The summed E-state index contributed by atoms with van der Waals surface area (Å²) in [5.74, 6) is 0.707. The third kappa shape index (κ3) is 3.16. The van der Waals surface area contributed by atoms with Gasteiger partial charge in [0.2, 0.25) is 0 Å². The fourth-order valence-corrected chi connectivity index (χ4v) is 2.47. The monoisotopic (exact) mass is 286 g/mol. The minimum absolute atomic E-state index is 0.0320. The van der Waals surface area contributed by atoms with Crippen LogP contribution in [-0.2, 0) is 6.54 Å². The minimum atomic E-state index is -0.489. The van der Waals surface area contributed by atoms with Gasteiger partial charge >= 0.3 is 0 Å². The molecule has 0 aliphatic heterocycles. The predicted octanol–water partition coefficient (Wildman–Crippen LogP) is 2.62. The van der Waals surface area contributed by atoms with Crippen molar-refractivity contribution in [3.05, 3.63) is 63.6 Å². The molecule has 1 atom stereocenters. The Hall–Kier alpha value is -2.07. The maximum atomic E-state index is 12.5. The van der Waals surface area contributed by atoms with Crippen molar-refractivity contribution in [2.24, 2.45) is 5.73 Å². The number of hydrogen-bond donors (Lipinski definition) is 1. The summed E-state index contributed by atoms with van der Waals surface area (Å²) in [4.78, 5) is 12.5. The van der Waals surface area contributed by atoms with E-state index in [4.69, 9.17) is 10.5 Å². The molecule has 1 aromatic carbocycles. The molecule has 0 amide bonds. The summed E-state index contributed by atoms with van der Waals surface area (Å²) < 4.78 is 7.08. The van der Waals surface area contributed by atoms with Crippen LogP contribution in [0.4, 0.5) is 0 Å². The van der Waals surface area contributed by atoms with Gasteiger partial charge in [-0.1, -0.05) is 30.7 Å². The molecule has 0 spiro atoms. The van der Waals surface area contributed by atoms with Gasteiger partial charge in [0.05, 0.1) is 13.2 Å². The van der Waals surface area contributed by atoms with E-state index in [1.807, 2.05) is 38.1 Å². The van der Waals surface area contributed by atoms with Crippen LogP contribution >= 0.6 is 0 Å². The lowest BCUT2D eigenvalue weighted by molar-refractivity contribution is 0.407. The van der Waals surface area contributed by atoms with Crippen molar-refractivity contribution in [1.29, 1.82) is 0 Å². The van der Waals surface area contributed by atoms with Crippen LogP contribution in [0.15, 0.2) is 41.3 Å². The Morgan fingerprint density at radius 1 is 1.29 bits per heavy atom. The zero-order chi connectivity index (χ0) is 15.4. The van der Waals surface area contributed by atoms with Gasteiger partial charge in [-0.15, -0.1) is 0 Å². The first-order chi connectivity index (χ1) is 10.1. The maximum Gasteiger partial charge on any atom is 0.255 e. The molecule has 0 bridgehead atoms. The number of nitrogens with zero attached hydrogens (tertiary/aromatic N) is 1. The van der Waals surface area contributed by atoms with E-state index < -0.39 is 6.04 Å². The number of nitrogens with two attached hydrogens (primary N) is 1. The van der Waals surface area contributed by atoms with Gasteiger partial charge in [0.1, 0.15) is 5.75 Å². The Morgan fingerprint density at radius 3 is 2.71 bits per heavy atom. The molecule has 1 unspecified atom stereocenters. The Kier molecular flexibility index (Phi) is 4.81. The van der Waals surface area contributed by atoms with Crippen LogP contribution in [0, 0.1) is 6.92 Å². The number of hydrogen-bond acceptors (Lipinski definition) is 3. The van der Waals surface area contributed by atoms with E-state index in [1.54, 1.807) is 23.9 Å². The van der Waals surface area contributed by atoms with E-state index in [2.05, 4.69) is 0 Å². The molecule has 0 saturated carbocycles. The SMILES string of the molecule is CCCn1cccc(C(N)c2cc(C)ccc2OC)c1=O. The molecule has 0 aliphatic carbocycles. The number of benzene rings is 1. The van der Waals surface area contributed by atoms with Crippen molar-refractivity contribution in [2.45, 2.75) is 32.9 Å². The highest BCUT2D eigenvalue weighted by Gasteiger charge is 2.18. The highest BCUT2D eigenvalue weighted by molar-refractivity contribution is 5.43. The molecular weight excluding hydrogens is 264 g/mol. The third-order valence-corrected chi connectivity index (χ3v) is 3.57. The van der Waals surface area contributed by atoms with Gasteiger partial charge in [-0.25, -0.2) is 0 Å². The van der Waals surface area contributed by atoms with E-state index in [-0.39, 0.29) is 5.56 Å². The third-order valence-electron chi connectivity index (χ3n) is 3.57. The molecule has 2 rings (SSSR count). The van der Waals surface area contributed by atoms with Gasteiger partial charge in [0, 0.05) is 23.9 Å². The first-order valence-corrected chi connectivity index (χ1v) is 7.18. The zero-order valence-electron chi connectivity index (χ0n) is 12.8. The summed E-state index contributed by atoms with van der Waals surface area (Å²) in [6.45, 7) is 4.74. The van der Waals surface area contributed by atoms with E-state index >= 15 is 0 Å². The quantitative estimate of drug-likeness (QED) is 0.919. The standard InChI is InChI=1S/C17H22N2O2/c1-4-9-19-10-5-6-13(17(19)20)16(18)14-11-12(2)7-8-15(14)21-3/h5-8,10-11,16H,4,9,18H2,1-3H3. The average molecular weight is 286 g/mol. The summed E-state index contributed by atoms with van der Waals surface area (Å²) in [6.07, 6.45) is 2.71. The molecule has 0 saturated heterocycles. The van der Waals surface area contributed by atoms with Gasteiger partial charge in [-0.2, -0.15) is 0 Å². The number of pyridine rings is 1. The summed E-state index contributed by atoms with van der Waals surface area (Å²) >= 11 is 0. The second kappa shape index (κ2) is 6.59. The number of aryl methyl sites for hydroxylation is 2. The van der Waals surface area contributed by atoms with Crippen LogP contribution in [-0.4, -0.2) is 11.7 Å². The lowest BCUT2D eigenvalue weighted by Gasteiger charge is -2.17. The van der Waals surface area contributed by atoms with Crippen LogP contribution in [0.3, 0.4) is 0 Å². The first kappa shape index (κ1) is 15.3. The van der Waals surface area contributed by atoms with Crippen molar-refractivity contribution < 1.29 is 4.74 Å². The second-order valence-corrected chi connectivity index (χ2v) is 5.19. The molecule has 112 valence electrons. The maximum absolute atomic E-state index is 12.5. The lowest BCUT2D eigenvalue weighted by Crippen LogP contribution is -2.28. The van der Waals surface area contributed by atoms with E-state index in [0.717, 1.165) is 17.5 Å². The normalized spacial score (nSPS) is 12.2. The highest BCUT2D eigenvalue weighted by Crippen LogP contribution is 2.27. The molecule has 0 aliphatic rings. The summed E-state index contributed by atoms with van der Waals surface area (Å²) in [5.41, 5.74) is 8.82. The molecule has 1 aromatic heterocycles. The van der Waals surface area contributed by atoms with Gasteiger partial charge in [0.15, 0.2) is 0 Å². The fourth-order valence-electron chi connectivity index (χ4n) is 2.47.